The standard InChI is InChI=1S/C12H12N2OS/c13-8-16-11-6-4-10(5-7-11)14-12(15)9-2-1-3-9/h4-7,9H,1-3H2,(H,14,15). The van der Waals surface area contributed by atoms with Crippen LogP contribution in [-0.4, -0.2) is 5.91 Å². The number of thioether (sulfide) groups is 1. The predicted molar refractivity (Wildman–Crippen MR) is 63.9 cm³/mol. The lowest BCUT2D eigenvalue weighted by Crippen LogP contribution is -2.27. The molecule has 1 fully saturated rings. The normalized spacial score (nSPS) is 14.9. The summed E-state index contributed by atoms with van der Waals surface area (Å²) in [6, 6.07) is 7.33. The van der Waals surface area contributed by atoms with Crippen LogP contribution in [-0.2, 0) is 4.79 Å². The van der Waals surface area contributed by atoms with Gasteiger partial charge in [-0.05, 0) is 48.9 Å². The van der Waals surface area contributed by atoms with Crippen LogP contribution in [0.1, 0.15) is 19.3 Å². The summed E-state index contributed by atoms with van der Waals surface area (Å²) in [5.41, 5.74) is 0.805. The fourth-order valence-corrected chi connectivity index (χ4v) is 1.95. The molecule has 0 spiro atoms. The Labute approximate surface area is 98.8 Å². The Balaban J connectivity index is 1.94. The highest BCUT2D eigenvalue weighted by molar-refractivity contribution is 8.03. The minimum Gasteiger partial charge on any atom is -0.326 e. The minimum absolute atomic E-state index is 0.118. The second-order valence-corrected chi connectivity index (χ2v) is 4.69. The molecule has 0 heterocycles. The molecule has 0 atom stereocenters. The molecule has 4 heteroatoms. The van der Waals surface area contributed by atoms with Gasteiger partial charge in [0.1, 0.15) is 5.40 Å². The predicted octanol–water partition coefficient (Wildman–Crippen LogP) is 3.00. The van der Waals surface area contributed by atoms with Crippen molar-refractivity contribution in [2.24, 2.45) is 5.92 Å². The smallest absolute Gasteiger partial charge is 0.227 e. The number of anilines is 1. The molecule has 0 saturated heterocycles. The Morgan fingerprint density at radius 2 is 2.06 bits per heavy atom. The van der Waals surface area contributed by atoms with Crippen LogP contribution < -0.4 is 5.32 Å². The Bertz CT molecular complexity index is 418. The summed E-state index contributed by atoms with van der Waals surface area (Å²) < 4.78 is 0. The number of benzene rings is 1. The van der Waals surface area contributed by atoms with Gasteiger partial charge in [0.25, 0.3) is 0 Å². The summed E-state index contributed by atoms with van der Waals surface area (Å²) in [7, 11) is 0. The number of rotatable bonds is 3. The van der Waals surface area contributed by atoms with Crippen LogP contribution in [0.25, 0.3) is 0 Å². The molecule has 1 aliphatic carbocycles. The Hall–Kier alpha value is -1.47. The largest absolute Gasteiger partial charge is 0.326 e. The number of nitrogens with one attached hydrogen (secondary N) is 1. The highest BCUT2D eigenvalue weighted by atomic mass is 32.2. The van der Waals surface area contributed by atoms with Gasteiger partial charge in [-0.2, -0.15) is 5.26 Å². The number of nitrogens with zero attached hydrogens (tertiary/aromatic N) is 1. The number of hydrogen-bond acceptors (Lipinski definition) is 3. The summed E-state index contributed by atoms with van der Waals surface area (Å²) >= 11 is 1.12. The number of carbonyl (C=O) groups is 1. The van der Waals surface area contributed by atoms with E-state index >= 15 is 0 Å². The molecule has 1 amide bonds. The molecular formula is C12H12N2OS. The van der Waals surface area contributed by atoms with E-state index in [1.807, 2.05) is 29.7 Å². The molecule has 1 aliphatic rings. The van der Waals surface area contributed by atoms with Crippen molar-refractivity contribution in [1.82, 2.24) is 0 Å². The van der Waals surface area contributed by atoms with Crippen molar-refractivity contribution < 1.29 is 4.79 Å². The van der Waals surface area contributed by atoms with Crippen molar-refractivity contribution in [3.63, 3.8) is 0 Å². The zero-order chi connectivity index (χ0) is 11.4. The molecule has 0 aromatic heterocycles. The topological polar surface area (TPSA) is 52.9 Å². The van der Waals surface area contributed by atoms with Crippen LogP contribution in [0.15, 0.2) is 29.2 Å². The first-order chi connectivity index (χ1) is 7.79. The van der Waals surface area contributed by atoms with Gasteiger partial charge in [0.05, 0.1) is 0 Å². The fraction of sp³-hybridized carbons (Fsp3) is 0.333. The third-order valence-corrected chi connectivity index (χ3v) is 3.36. The lowest BCUT2D eigenvalue weighted by molar-refractivity contribution is -0.122. The zero-order valence-corrected chi connectivity index (χ0v) is 9.59. The fourth-order valence-electron chi connectivity index (χ4n) is 1.57. The van der Waals surface area contributed by atoms with E-state index in [9.17, 15) is 4.79 Å². The van der Waals surface area contributed by atoms with E-state index in [1.165, 1.54) is 0 Å². The average molecular weight is 232 g/mol. The maximum absolute atomic E-state index is 11.6. The summed E-state index contributed by atoms with van der Waals surface area (Å²) in [6.07, 6.45) is 3.18. The highest BCUT2D eigenvalue weighted by Gasteiger charge is 2.24. The average Bonchev–Trinajstić information content (AvgIpc) is 2.18. The third kappa shape index (κ3) is 2.56. The summed E-state index contributed by atoms with van der Waals surface area (Å²) in [6.45, 7) is 0. The molecule has 1 aromatic rings. The molecule has 0 radical (unpaired) electrons. The van der Waals surface area contributed by atoms with Crippen LogP contribution in [0.5, 0.6) is 0 Å². The number of nitriles is 1. The first-order valence-electron chi connectivity index (χ1n) is 5.26. The molecule has 1 aromatic carbocycles. The van der Waals surface area contributed by atoms with Crippen molar-refractivity contribution in [2.75, 3.05) is 5.32 Å². The van der Waals surface area contributed by atoms with Crippen LogP contribution in [0.2, 0.25) is 0 Å². The van der Waals surface area contributed by atoms with Crippen molar-refractivity contribution in [3.05, 3.63) is 24.3 Å². The summed E-state index contributed by atoms with van der Waals surface area (Å²) in [5.74, 6) is 0.320. The van der Waals surface area contributed by atoms with Crippen molar-refractivity contribution in [3.8, 4) is 5.40 Å². The Morgan fingerprint density at radius 3 is 2.56 bits per heavy atom. The Morgan fingerprint density at radius 1 is 1.38 bits per heavy atom. The summed E-state index contributed by atoms with van der Waals surface area (Å²) in [5, 5.41) is 13.4. The maximum atomic E-state index is 11.6. The van der Waals surface area contributed by atoms with E-state index < -0.39 is 0 Å². The van der Waals surface area contributed by atoms with E-state index in [-0.39, 0.29) is 11.8 Å². The van der Waals surface area contributed by atoms with E-state index in [0.29, 0.717) is 0 Å². The van der Waals surface area contributed by atoms with Crippen LogP contribution >= 0.6 is 11.8 Å². The SMILES string of the molecule is N#CSc1ccc(NC(=O)C2CCC2)cc1. The van der Waals surface area contributed by atoms with Gasteiger partial charge in [0.2, 0.25) is 5.91 Å². The maximum Gasteiger partial charge on any atom is 0.227 e. The number of thiocyanates is 1. The minimum atomic E-state index is 0.118. The first-order valence-corrected chi connectivity index (χ1v) is 6.08. The van der Waals surface area contributed by atoms with Gasteiger partial charge in [-0.15, -0.1) is 0 Å². The number of hydrogen-bond donors (Lipinski definition) is 1. The molecule has 2 rings (SSSR count). The summed E-state index contributed by atoms with van der Waals surface area (Å²) in [4.78, 5) is 12.5. The zero-order valence-electron chi connectivity index (χ0n) is 8.77. The van der Waals surface area contributed by atoms with Crippen molar-refractivity contribution >= 4 is 23.4 Å². The van der Waals surface area contributed by atoms with Crippen LogP contribution in [0.4, 0.5) is 5.69 Å². The van der Waals surface area contributed by atoms with E-state index in [1.54, 1.807) is 0 Å². The van der Waals surface area contributed by atoms with Gasteiger partial charge in [-0.25, -0.2) is 0 Å². The van der Waals surface area contributed by atoms with Gasteiger partial charge in [0.15, 0.2) is 0 Å². The highest BCUT2D eigenvalue weighted by Crippen LogP contribution is 2.28. The van der Waals surface area contributed by atoms with Gasteiger partial charge < -0.3 is 5.32 Å². The van der Waals surface area contributed by atoms with Crippen LogP contribution in [0, 0.1) is 16.6 Å². The van der Waals surface area contributed by atoms with Gasteiger partial charge in [-0.1, -0.05) is 6.42 Å². The molecule has 1 N–H and O–H groups in total. The first kappa shape index (κ1) is 11.0. The monoisotopic (exact) mass is 232 g/mol. The van der Waals surface area contributed by atoms with Gasteiger partial charge in [0, 0.05) is 16.5 Å². The quantitative estimate of drug-likeness (QED) is 0.643. The molecule has 16 heavy (non-hydrogen) atoms. The Kier molecular flexibility index (Phi) is 3.47. The molecule has 82 valence electrons. The lowest BCUT2D eigenvalue weighted by Gasteiger charge is -2.24. The van der Waals surface area contributed by atoms with Gasteiger partial charge >= 0.3 is 0 Å². The molecule has 1 saturated carbocycles. The second kappa shape index (κ2) is 5.04. The van der Waals surface area contributed by atoms with E-state index in [4.69, 9.17) is 5.26 Å². The molecule has 3 nitrogen and oxygen atoms in total. The molecule has 0 aliphatic heterocycles. The van der Waals surface area contributed by atoms with Gasteiger partial charge in [-0.3, -0.25) is 4.79 Å². The van der Waals surface area contributed by atoms with Crippen LogP contribution in [0.3, 0.4) is 0 Å². The molecule has 0 unspecified atom stereocenters. The number of carbonyl (C=O) groups excluding carboxylic acids is 1. The second-order valence-electron chi connectivity index (χ2n) is 3.83. The number of amides is 1. The van der Waals surface area contributed by atoms with E-state index in [0.717, 1.165) is 41.6 Å². The van der Waals surface area contributed by atoms with Crippen molar-refractivity contribution in [2.45, 2.75) is 24.2 Å². The van der Waals surface area contributed by atoms with E-state index in [2.05, 4.69) is 5.32 Å². The van der Waals surface area contributed by atoms with Crippen molar-refractivity contribution in [1.29, 1.82) is 5.26 Å². The third-order valence-electron chi connectivity index (χ3n) is 2.76. The molecule has 0 bridgehead atoms. The lowest BCUT2D eigenvalue weighted by atomic mass is 9.85. The molecular weight excluding hydrogens is 220 g/mol.